The van der Waals surface area contributed by atoms with Gasteiger partial charge in [-0.1, -0.05) is 19.9 Å². The van der Waals surface area contributed by atoms with Crippen LogP contribution in [0.15, 0.2) is 12.1 Å². The summed E-state index contributed by atoms with van der Waals surface area (Å²) >= 11 is 0. The average Bonchev–Trinajstić information content (AvgIpc) is 2.28. The van der Waals surface area contributed by atoms with Gasteiger partial charge in [0.25, 0.3) is 0 Å². The molecule has 2 nitrogen and oxygen atoms in total. The molecular weight excluding hydrogens is 224 g/mol. The maximum absolute atomic E-state index is 12.0. The van der Waals surface area contributed by atoms with Crippen LogP contribution in [0, 0.1) is 26.7 Å². The van der Waals surface area contributed by atoms with E-state index >= 15 is 0 Å². The van der Waals surface area contributed by atoms with Crippen LogP contribution in [0.4, 0.5) is 0 Å². The molecule has 0 N–H and O–H groups in total. The number of benzene rings is 1. The second kappa shape index (κ2) is 6.69. The Labute approximate surface area is 110 Å². The molecule has 18 heavy (non-hydrogen) atoms. The molecule has 0 aliphatic heterocycles. The van der Waals surface area contributed by atoms with Gasteiger partial charge in [0.2, 0.25) is 0 Å². The lowest BCUT2D eigenvalue weighted by atomic mass is 9.98. The topological polar surface area (TPSA) is 26.3 Å². The van der Waals surface area contributed by atoms with Gasteiger partial charge in [0.15, 0.2) is 5.78 Å². The van der Waals surface area contributed by atoms with E-state index in [9.17, 15) is 4.79 Å². The molecule has 0 fully saturated rings. The first-order chi connectivity index (χ1) is 8.41. The quantitative estimate of drug-likeness (QED) is 0.564. The van der Waals surface area contributed by atoms with E-state index in [-0.39, 0.29) is 12.4 Å². The van der Waals surface area contributed by atoms with Gasteiger partial charge in [0.05, 0.1) is 0 Å². The molecule has 1 aromatic rings. The predicted molar refractivity (Wildman–Crippen MR) is 75.3 cm³/mol. The van der Waals surface area contributed by atoms with Crippen molar-refractivity contribution in [1.29, 1.82) is 0 Å². The molecule has 0 radical (unpaired) electrons. The summed E-state index contributed by atoms with van der Waals surface area (Å²) in [5.74, 6) is 0.697. The summed E-state index contributed by atoms with van der Waals surface area (Å²) in [6, 6.07) is 4.04. The lowest BCUT2D eigenvalue weighted by molar-refractivity contribution is 0.0739. The molecule has 0 atom stereocenters. The lowest BCUT2D eigenvalue weighted by Crippen LogP contribution is -2.12. The Morgan fingerprint density at radius 3 is 2.33 bits per heavy atom. The summed E-state index contributed by atoms with van der Waals surface area (Å²) in [6.07, 6.45) is 0.999. The zero-order valence-corrected chi connectivity index (χ0v) is 12.2. The Morgan fingerprint density at radius 1 is 1.11 bits per heavy atom. The van der Waals surface area contributed by atoms with Gasteiger partial charge in [-0.25, -0.2) is 0 Å². The summed E-state index contributed by atoms with van der Waals surface area (Å²) in [7, 11) is 0. The molecule has 0 heterocycles. The Balaban J connectivity index is 2.59. The van der Waals surface area contributed by atoms with Crippen LogP contribution >= 0.6 is 0 Å². The van der Waals surface area contributed by atoms with Crippen molar-refractivity contribution in [2.75, 3.05) is 13.2 Å². The molecule has 0 aliphatic rings. The number of ketones is 1. The van der Waals surface area contributed by atoms with E-state index in [4.69, 9.17) is 4.74 Å². The van der Waals surface area contributed by atoms with Gasteiger partial charge < -0.3 is 4.74 Å². The van der Waals surface area contributed by atoms with Crippen LogP contribution in [-0.4, -0.2) is 19.0 Å². The van der Waals surface area contributed by atoms with Crippen molar-refractivity contribution in [3.05, 3.63) is 34.4 Å². The number of carbonyl (C=O) groups excluding carboxylic acids is 1. The second-order valence-corrected chi connectivity index (χ2v) is 5.41. The highest BCUT2D eigenvalue weighted by molar-refractivity contribution is 5.98. The minimum atomic E-state index is 0.0827. The fraction of sp³-hybridized carbons (Fsp3) is 0.562. The average molecular weight is 248 g/mol. The van der Waals surface area contributed by atoms with Gasteiger partial charge in [-0.3, -0.25) is 4.79 Å². The normalized spacial score (nSPS) is 11.0. The van der Waals surface area contributed by atoms with Crippen LogP contribution < -0.4 is 0 Å². The van der Waals surface area contributed by atoms with Gasteiger partial charge >= 0.3 is 0 Å². The molecule has 1 rings (SSSR count). The summed E-state index contributed by atoms with van der Waals surface area (Å²) in [6.45, 7) is 11.2. The molecule has 0 aliphatic carbocycles. The minimum Gasteiger partial charge on any atom is -0.373 e. The second-order valence-electron chi connectivity index (χ2n) is 5.41. The van der Waals surface area contributed by atoms with Gasteiger partial charge in [0, 0.05) is 12.2 Å². The molecular formula is C16H24O2. The van der Waals surface area contributed by atoms with E-state index in [1.807, 2.05) is 19.9 Å². The molecule has 0 aromatic heterocycles. The van der Waals surface area contributed by atoms with Crippen molar-refractivity contribution in [2.24, 2.45) is 5.92 Å². The van der Waals surface area contributed by atoms with E-state index in [1.165, 1.54) is 5.56 Å². The molecule has 0 bridgehead atoms. The zero-order valence-electron chi connectivity index (χ0n) is 12.2. The smallest absolute Gasteiger partial charge is 0.188 e. The first-order valence-corrected chi connectivity index (χ1v) is 6.60. The highest BCUT2D eigenvalue weighted by atomic mass is 16.5. The van der Waals surface area contributed by atoms with Crippen molar-refractivity contribution >= 4 is 5.78 Å². The Bertz CT molecular complexity index is 419. The van der Waals surface area contributed by atoms with Gasteiger partial charge in [-0.15, -0.1) is 0 Å². The lowest BCUT2D eigenvalue weighted by Gasteiger charge is -2.10. The SMILES string of the molecule is Cc1cc(C)c(C(=O)COCCC(C)C)cc1C. The number of Topliss-reactive ketones (excluding diaryl/α,β-unsaturated/α-hetero) is 1. The number of carbonyl (C=O) groups is 1. The molecule has 0 saturated heterocycles. The summed E-state index contributed by atoms with van der Waals surface area (Å²) < 4.78 is 5.44. The largest absolute Gasteiger partial charge is 0.373 e. The monoisotopic (exact) mass is 248 g/mol. The minimum absolute atomic E-state index is 0.0827. The third kappa shape index (κ3) is 4.26. The zero-order chi connectivity index (χ0) is 13.7. The van der Waals surface area contributed by atoms with Crippen LogP contribution in [0.3, 0.4) is 0 Å². The molecule has 100 valence electrons. The molecule has 1 aromatic carbocycles. The third-order valence-corrected chi connectivity index (χ3v) is 3.21. The van der Waals surface area contributed by atoms with Crippen molar-refractivity contribution in [3.63, 3.8) is 0 Å². The molecule has 2 heteroatoms. The van der Waals surface area contributed by atoms with E-state index in [1.54, 1.807) is 0 Å². The number of ether oxygens (including phenoxy) is 1. The van der Waals surface area contributed by atoms with Crippen molar-refractivity contribution < 1.29 is 9.53 Å². The van der Waals surface area contributed by atoms with E-state index < -0.39 is 0 Å². The molecule has 0 spiro atoms. The van der Waals surface area contributed by atoms with E-state index in [0.717, 1.165) is 23.1 Å². The Morgan fingerprint density at radius 2 is 1.72 bits per heavy atom. The summed E-state index contributed by atoms with van der Waals surface area (Å²) in [4.78, 5) is 12.0. The maximum Gasteiger partial charge on any atom is 0.188 e. The fourth-order valence-corrected chi connectivity index (χ4v) is 1.82. The Kier molecular flexibility index (Phi) is 5.54. The van der Waals surface area contributed by atoms with Crippen LogP contribution in [0.1, 0.15) is 47.3 Å². The highest BCUT2D eigenvalue weighted by Gasteiger charge is 2.10. The van der Waals surface area contributed by atoms with Crippen LogP contribution in [0.5, 0.6) is 0 Å². The van der Waals surface area contributed by atoms with Crippen molar-refractivity contribution in [2.45, 2.75) is 41.0 Å². The predicted octanol–water partition coefficient (Wildman–Crippen LogP) is 3.86. The number of hydrogen-bond donors (Lipinski definition) is 0. The first-order valence-electron chi connectivity index (χ1n) is 6.60. The molecule has 0 unspecified atom stereocenters. The third-order valence-electron chi connectivity index (χ3n) is 3.21. The molecule has 0 amide bonds. The highest BCUT2D eigenvalue weighted by Crippen LogP contribution is 2.16. The van der Waals surface area contributed by atoms with Gasteiger partial charge in [-0.05, 0) is 55.9 Å². The van der Waals surface area contributed by atoms with Crippen LogP contribution in [-0.2, 0) is 4.74 Å². The Hall–Kier alpha value is -1.15. The van der Waals surface area contributed by atoms with Crippen molar-refractivity contribution in [1.82, 2.24) is 0 Å². The standard InChI is InChI=1S/C16H24O2/c1-11(2)6-7-18-10-16(17)15-9-13(4)12(3)8-14(15)5/h8-9,11H,6-7,10H2,1-5H3. The summed E-state index contributed by atoms with van der Waals surface area (Å²) in [5.41, 5.74) is 4.22. The number of hydrogen-bond acceptors (Lipinski definition) is 2. The number of rotatable bonds is 6. The molecule has 0 saturated carbocycles. The van der Waals surface area contributed by atoms with Gasteiger partial charge in [0.1, 0.15) is 6.61 Å². The van der Waals surface area contributed by atoms with Crippen molar-refractivity contribution in [3.8, 4) is 0 Å². The van der Waals surface area contributed by atoms with E-state index in [2.05, 4.69) is 26.8 Å². The fourth-order valence-electron chi connectivity index (χ4n) is 1.82. The van der Waals surface area contributed by atoms with Gasteiger partial charge in [-0.2, -0.15) is 0 Å². The van der Waals surface area contributed by atoms with Crippen LogP contribution in [0.2, 0.25) is 0 Å². The van der Waals surface area contributed by atoms with Crippen LogP contribution in [0.25, 0.3) is 0 Å². The first kappa shape index (κ1) is 14.9. The maximum atomic E-state index is 12.0. The number of aryl methyl sites for hydroxylation is 3. The van der Waals surface area contributed by atoms with E-state index in [0.29, 0.717) is 12.5 Å². The summed E-state index contributed by atoms with van der Waals surface area (Å²) in [5, 5.41) is 0.